The highest BCUT2D eigenvalue weighted by molar-refractivity contribution is 5.45. The van der Waals surface area contributed by atoms with Crippen molar-refractivity contribution in [3.63, 3.8) is 0 Å². The Hall–Kier alpha value is -1.60. The molecule has 1 rings (SSSR count). The maximum atomic E-state index is 8.57. The zero-order chi connectivity index (χ0) is 9.52. The van der Waals surface area contributed by atoms with E-state index in [0.29, 0.717) is 12.3 Å². The molecule has 0 bridgehead atoms. The average Bonchev–Trinajstić information content (AvgIpc) is 2.19. The minimum absolute atomic E-state index is 0.419. The molecule has 1 aromatic rings. The summed E-state index contributed by atoms with van der Waals surface area (Å²) in [7, 11) is 1.65. The second kappa shape index (κ2) is 5.12. The van der Waals surface area contributed by atoms with Gasteiger partial charge in [-0.3, -0.25) is 0 Å². The summed E-state index contributed by atoms with van der Waals surface area (Å²) in [5.41, 5.74) is 1.31. The Bertz CT molecular complexity index is 306. The number of pyridine rings is 1. The van der Waals surface area contributed by atoms with Gasteiger partial charge in [0.15, 0.2) is 0 Å². The fourth-order valence-corrected chi connectivity index (χ4v) is 0.899. The van der Waals surface area contributed by atoms with Gasteiger partial charge in [0, 0.05) is 25.5 Å². The van der Waals surface area contributed by atoms with Gasteiger partial charge in [0.05, 0.1) is 6.61 Å². The first-order chi connectivity index (χ1) is 6.36. The summed E-state index contributed by atoms with van der Waals surface area (Å²) in [6, 6.07) is 5.50. The molecule has 0 amide bonds. The third kappa shape index (κ3) is 3.09. The summed E-state index contributed by atoms with van der Waals surface area (Å²) in [6.45, 7) is 1.37. The van der Waals surface area contributed by atoms with E-state index in [2.05, 4.69) is 10.3 Å². The van der Waals surface area contributed by atoms with Crippen molar-refractivity contribution < 1.29 is 4.74 Å². The predicted molar refractivity (Wildman–Crippen MR) is 49.3 cm³/mol. The lowest BCUT2D eigenvalue weighted by atomic mass is 10.3. The smallest absolute Gasteiger partial charge is 0.142 e. The highest BCUT2D eigenvalue weighted by atomic mass is 16.5. The molecule has 1 aromatic heterocycles. The summed E-state index contributed by atoms with van der Waals surface area (Å²) in [4.78, 5) is 3.85. The SMILES string of the molecule is COCCNc1ccnc(C#N)c1. The number of nitrogens with one attached hydrogen (secondary N) is 1. The molecule has 0 unspecified atom stereocenters. The number of aromatic nitrogens is 1. The summed E-state index contributed by atoms with van der Waals surface area (Å²) < 4.78 is 4.88. The molecule has 0 aliphatic carbocycles. The molecule has 0 aliphatic rings. The van der Waals surface area contributed by atoms with Crippen molar-refractivity contribution in [1.82, 2.24) is 4.98 Å². The molecule has 13 heavy (non-hydrogen) atoms. The molecule has 0 fully saturated rings. The van der Waals surface area contributed by atoms with Crippen molar-refractivity contribution in [2.75, 3.05) is 25.6 Å². The second-order valence-corrected chi connectivity index (χ2v) is 2.46. The number of nitriles is 1. The van der Waals surface area contributed by atoms with Crippen molar-refractivity contribution in [3.05, 3.63) is 24.0 Å². The van der Waals surface area contributed by atoms with E-state index in [1.54, 1.807) is 19.4 Å². The number of ether oxygens (including phenoxy) is 1. The molecule has 0 saturated heterocycles. The number of hydrogen-bond acceptors (Lipinski definition) is 4. The highest BCUT2D eigenvalue weighted by Crippen LogP contribution is 2.05. The highest BCUT2D eigenvalue weighted by Gasteiger charge is 1.94. The molecule has 4 heteroatoms. The zero-order valence-electron chi connectivity index (χ0n) is 7.45. The number of methoxy groups -OCH3 is 1. The van der Waals surface area contributed by atoms with Crippen LogP contribution in [0.25, 0.3) is 0 Å². The third-order valence-corrected chi connectivity index (χ3v) is 1.51. The Balaban J connectivity index is 2.52. The van der Waals surface area contributed by atoms with Gasteiger partial charge in [0.25, 0.3) is 0 Å². The molecule has 0 spiro atoms. The zero-order valence-corrected chi connectivity index (χ0v) is 7.45. The molecule has 68 valence electrons. The van der Waals surface area contributed by atoms with Gasteiger partial charge in [-0.25, -0.2) is 4.98 Å². The summed E-state index contributed by atoms with van der Waals surface area (Å²) in [6.07, 6.45) is 1.60. The number of nitrogens with zero attached hydrogens (tertiary/aromatic N) is 2. The van der Waals surface area contributed by atoms with Crippen LogP contribution in [0.15, 0.2) is 18.3 Å². The second-order valence-electron chi connectivity index (χ2n) is 2.46. The fraction of sp³-hybridized carbons (Fsp3) is 0.333. The number of rotatable bonds is 4. The van der Waals surface area contributed by atoms with Gasteiger partial charge in [-0.15, -0.1) is 0 Å². The molecular formula is C9H11N3O. The summed E-state index contributed by atoms with van der Waals surface area (Å²) in [5, 5.41) is 11.7. The van der Waals surface area contributed by atoms with E-state index in [1.165, 1.54) is 0 Å². The van der Waals surface area contributed by atoms with Gasteiger partial charge < -0.3 is 10.1 Å². The Morgan fingerprint density at radius 3 is 3.23 bits per heavy atom. The minimum atomic E-state index is 0.419. The molecule has 0 saturated carbocycles. The monoisotopic (exact) mass is 177 g/mol. The van der Waals surface area contributed by atoms with Crippen LogP contribution >= 0.6 is 0 Å². The van der Waals surface area contributed by atoms with Crippen LogP contribution < -0.4 is 5.32 Å². The predicted octanol–water partition coefficient (Wildman–Crippen LogP) is 1.01. The van der Waals surface area contributed by atoms with Crippen LogP contribution in [-0.2, 0) is 4.74 Å². The van der Waals surface area contributed by atoms with Crippen molar-refractivity contribution in [2.45, 2.75) is 0 Å². The number of anilines is 1. The standard InChI is InChI=1S/C9H11N3O/c1-13-5-4-12-8-2-3-11-9(6-8)7-10/h2-3,6H,4-5H2,1H3,(H,11,12). The van der Waals surface area contributed by atoms with Gasteiger partial charge in [-0.1, -0.05) is 0 Å². The Kier molecular flexibility index (Phi) is 3.74. The first-order valence-electron chi connectivity index (χ1n) is 3.96. The average molecular weight is 177 g/mol. The maximum absolute atomic E-state index is 8.57. The van der Waals surface area contributed by atoms with E-state index in [0.717, 1.165) is 12.2 Å². The van der Waals surface area contributed by atoms with Crippen LogP contribution in [-0.4, -0.2) is 25.2 Å². The first-order valence-corrected chi connectivity index (χ1v) is 3.96. The number of hydrogen-bond donors (Lipinski definition) is 1. The lowest BCUT2D eigenvalue weighted by Crippen LogP contribution is -2.07. The Labute approximate surface area is 77.2 Å². The van der Waals surface area contributed by atoms with E-state index in [-0.39, 0.29) is 0 Å². The van der Waals surface area contributed by atoms with Crippen LogP contribution in [0.1, 0.15) is 5.69 Å². The van der Waals surface area contributed by atoms with Gasteiger partial charge in [0.1, 0.15) is 11.8 Å². The van der Waals surface area contributed by atoms with Crippen molar-refractivity contribution in [2.24, 2.45) is 0 Å². The third-order valence-electron chi connectivity index (χ3n) is 1.51. The lowest BCUT2D eigenvalue weighted by molar-refractivity contribution is 0.211. The van der Waals surface area contributed by atoms with Crippen molar-refractivity contribution >= 4 is 5.69 Å². The summed E-state index contributed by atoms with van der Waals surface area (Å²) >= 11 is 0. The fourth-order valence-electron chi connectivity index (χ4n) is 0.899. The molecular weight excluding hydrogens is 166 g/mol. The van der Waals surface area contributed by atoms with Gasteiger partial charge in [0.2, 0.25) is 0 Å². The van der Waals surface area contributed by atoms with Crippen LogP contribution in [0.3, 0.4) is 0 Å². The van der Waals surface area contributed by atoms with Crippen molar-refractivity contribution in [3.8, 4) is 6.07 Å². The summed E-state index contributed by atoms with van der Waals surface area (Å²) in [5.74, 6) is 0. The van der Waals surface area contributed by atoms with Gasteiger partial charge >= 0.3 is 0 Å². The van der Waals surface area contributed by atoms with Crippen LogP contribution in [0.5, 0.6) is 0 Å². The molecule has 0 aromatic carbocycles. The van der Waals surface area contributed by atoms with E-state index in [4.69, 9.17) is 10.00 Å². The Morgan fingerprint density at radius 2 is 2.54 bits per heavy atom. The van der Waals surface area contributed by atoms with Gasteiger partial charge in [-0.2, -0.15) is 5.26 Å². The minimum Gasteiger partial charge on any atom is -0.383 e. The van der Waals surface area contributed by atoms with E-state index in [1.807, 2.05) is 12.1 Å². The van der Waals surface area contributed by atoms with Crippen molar-refractivity contribution in [1.29, 1.82) is 5.26 Å². The topological polar surface area (TPSA) is 57.9 Å². The Morgan fingerprint density at radius 1 is 1.69 bits per heavy atom. The van der Waals surface area contributed by atoms with Crippen LogP contribution in [0, 0.1) is 11.3 Å². The molecule has 4 nitrogen and oxygen atoms in total. The molecule has 0 aliphatic heterocycles. The van der Waals surface area contributed by atoms with E-state index >= 15 is 0 Å². The van der Waals surface area contributed by atoms with E-state index in [9.17, 15) is 0 Å². The molecule has 0 radical (unpaired) electrons. The maximum Gasteiger partial charge on any atom is 0.142 e. The van der Waals surface area contributed by atoms with Gasteiger partial charge in [-0.05, 0) is 12.1 Å². The normalized spacial score (nSPS) is 9.23. The van der Waals surface area contributed by atoms with E-state index < -0.39 is 0 Å². The lowest BCUT2D eigenvalue weighted by Gasteiger charge is -2.04. The van der Waals surface area contributed by atoms with Crippen LogP contribution in [0.4, 0.5) is 5.69 Å². The largest absolute Gasteiger partial charge is 0.383 e. The first kappa shape index (κ1) is 9.49. The van der Waals surface area contributed by atoms with Crippen LogP contribution in [0.2, 0.25) is 0 Å². The quantitative estimate of drug-likeness (QED) is 0.697. The molecule has 1 N–H and O–H groups in total. The molecule has 1 heterocycles. The molecule has 0 atom stereocenters.